The van der Waals surface area contributed by atoms with Gasteiger partial charge in [-0.1, -0.05) is 54.6 Å². The van der Waals surface area contributed by atoms with E-state index >= 15 is 0 Å². The zero-order chi connectivity index (χ0) is 17.3. The van der Waals surface area contributed by atoms with Gasteiger partial charge in [0, 0.05) is 22.5 Å². The van der Waals surface area contributed by atoms with Crippen LogP contribution in [0.15, 0.2) is 79.0 Å². The van der Waals surface area contributed by atoms with Gasteiger partial charge in [-0.15, -0.1) is 0 Å². The lowest BCUT2D eigenvalue weighted by Gasteiger charge is -2.04. The summed E-state index contributed by atoms with van der Waals surface area (Å²) in [6.45, 7) is 0. The number of aromatic amines is 2. The lowest BCUT2D eigenvalue weighted by molar-refractivity contribution is 1.11. The predicted molar refractivity (Wildman–Crippen MR) is 109 cm³/mol. The number of benzene rings is 3. The van der Waals surface area contributed by atoms with Gasteiger partial charge in [-0.25, -0.2) is 0 Å². The fourth-order valence-electron chi connectivity index (χ4n) is 3.41. The Balaban J connectivity index is 1.56. The van der Waals surface area contributed by atoms with Gasteiger partial charge in [0.25, 0.3) is 0 Å². The second kappa shape index (κ2) is 6.05. The molecule has 0 saturated carbocycles. The van der Waals surface area contributed by atoms with Crippen molar-refractivity contribution < 1.29 is 0 Å². The molecule has 0 atom stereocenters. The van der Waals surface area contributed by atoms with Crippen molar-refractivity contribution in [2.24, 2.45) is 0 Å². The highest BCUT2D eigenvalue weighted by Crippen LogP contribution is 2.30. The van der Waals surface area contributed by atoms with Crippen molar-refractivity contribution >= 4 is 34.0 Å². The van der Waals surface area contributed by atoms with Gasteiger partial charge in [-0.05, 0) is 47.0 Å². The summed E-state index contributed by atoms with van der Waals surface area (Å²) in [5, 5.41) is 10.0. The summed E-state index contributed by atoms with van der Waals surface area (Å²) < 4.78 is 0. The van der Waals surface area contributed by atoms with Crippen molar-refractivity contribution in [2.75, 3.05) is 0 Å². The summed E-state index contributed by atoms with van der Waals surface area (Å²) >= 11 is 0. The molecule has 0 bridgehead atoms. The van der Waals surface area contributed by atoms with E-state index in [1.807, 2.05) is 24.4 Å². The first-order chi connectivity index (χ1) is 12.9. The van der Waals surface area contributed by atoms with E-state index in [-0.39, 0.29) is 0 Å². The third kappa shape index (κ3) is 2.50. The zero-order valence-corrected chi connectivity index (χ0v) is 14.1. The van der Waals surface area contributed by atoms with Crippen LogP contribution in [0, 0.1) is 0 Å². The average molecular weight is 335 g/mol. The Labute approximate surface area is 151 Å². The second-order valence-corrected chi connectivity index (χ2v) is 6.36. The third-order valence-electron chi connectivity index (χ3n) is 4.73. The molecule has 2 N–H and O–H groups in total. The van der Waals surface area contributed by atoms with Crippen molar-refractivity contribution in [1.29, 1.82) is 0 Å². The topological polar surface area (TPSA) is 44.5 Å². The molecular formula is C23H17N3. The van der Waals surface area contributed by atoms with Crippen LogP contribution >= 0.6 is 0 Å². The molecule has 0 aliphatic heterocycles. The molecule has 0 radical (unpaired) electrons. The van der Waals surface area contributed by atoms with Gasteiger partial charge in [0.15, 0.2) is 0 Å². The van der Waals surface area contributed by atoms with E-state index in [0.29, 0.717) is 0 Å². The van der Waals surface area contributed by atoms with Crippen molar-refractivity contribution in [3.63, 3.8) is 0 Å². The largest absolute Gasteiger partial charge is 0.361 e. The van der Waals surface area contributed by atoms with Crippen LogP contribution in [-0.2, 0) is 0 Å². The fourth-order valence-corrected chi connectivity index (χ4v) is 3.41. The summed E-state index contributed by atoms with van der Waals surface area (Å²) in [5.41, 5.74) is 6.72. The molecule has 0 spiro atoms. The van der Waals surface area contributed by atoms with Crippen molar-refractivity contribution in [1.82, 2.24) is 15.2 Å². The molecule has 0 fully saturated rings. The fraction of sp³-hybridized carbons (Fsp3) is 0. The summed E-state index contributed by atoms with van der Waals surface area (Å²) in [6, 6.07) is 25.2. The first-order valence-corrected chi connectivity index (χ1v) is 8.66. The molecule has 3 aromatic carbocycles. The molecule has 0 unspecified atom stereocenters. The Bertz CT molecular complexity index is 1230. The Kier molecular flexibility index (Phi) is 3.42. The van der Waals surface area contributed by atoms with Gasteiger partial charge < -0.3 is 4.98 Å². The molecule has 124 valence electrons. The van der Waals surface area contributed by atoms with Gasteiger partial charge in [0.1, 0.15) is 0 Å². The Hall–Kier alpha value is -3.59. The molecule has 2 aromatic heterocycles. The van der Waals surface area contributed by atoms with Crippen LogP contribution in [0.1, 0.15) is 11.3 Å². The van der Waals surface area contributed by atoms with E-state index in [9.17, 15) is 0 Å². The van der Waals surface area contributed by atoms with Gasteiger partial charge >= 0.3 is 0 Å². The molecule has 2 heterocycles. The highest BCUT2D eigenvalue weighted by atomic mass is 15.1. The summed E-state index contributed by atoms with van der Waals surface area (Å²) in [5.74, 6) is 0. The molecule has 3 heteroatoms. The maximum Gasteiger partial charge on any atom is 0.0927 e. The number of hydrogen-bond donors (Lipinski definition) is 2. The predicted octanol–water partition coefficient (Wildman–Crippen LogP) is 5.88. The quantitative estimate of drug-likeness (QED) is 0.425. The maximum absolute atomic E-state index is 4.48. The number of H-pyrrole nitrogens is 2. The molecular weight excluding hydrogens is 318 g/mol. The number of nitrogens with zero attached hydrogens (tertiary/aromatic N) is 1. The van der Waals surface area contributed by atoms with Gasteiger partial charge in [0.2, 0.25) is 0 Å². The Morgan fingerprint density at radius 1 is 0.731 bits per heavy atom. The van der Waals surface area contributed by atoms with Gasteiger partial charge in [-0.3, -0.25) is 5.10 Å². The molecule has 0 amide bonds. The van der Waals surface area contributed by atoms with Crippen LogP contribution in [0.4, 0.5) is 0 Å². The summed E-state index contributed by atoms with van der Waals surface area (Å²) in [4.78, 5) is 3.27. The zero-order valence-electron chi connectivity index (χ0n) is 14.1. The van der Waals surface area contributed by atoms with E-state index in [1.54, 1.807) is 0 Å². The highest BCUT2D eigenvalue weighted by molar-refractivity contribution is 5.98. The third-order valence-corrected chi connectivity index (χ3v) is 4.73. The van der Waals surface area contributed by atoms with Crippen LogP contribution in [-0.4, -0.2) is 15.2 Å². The number of nitrogens with one attached hydrogen (secondary N) is 2. The van der Waals surface area contributed by atoms with E-state index in [1.165, 1.54) is 22.1 Å². The minimum absolute atomic E-state index is 0.954. The van der Waals surface area contributed by atoms with E-state index in [4.69, 9.17) is 0 Å². The average Bonchev–Trinajstić information content (AvgIpc) is 3.33. The van der Waals surface area contributed by atoms with Crippen molar-refractivity contribution in [2.45, 2.75) is 0 Å². The van der Waals surface area contributed by atoms with Crippen LogP contribution in [0.25, 0.3) is 45.1 Å². The van der Waals surface area contributed by atoms with Gasteiger partial charge in [-0.2, -0.15) is 5.10 Å². The van der Waals surface area contributed by atoms with Crippen LogP contribution < -0.4 is 0 Å². The van der Waals surface area contributed by atoms with Crippen LogP contribution in [0.5, 0.6) is 0 Å². The minimum Gasteiger partial charge on any atom is -0.361 e. The monoisotopic (exact) mass is 335 g/mol. The normalized spacial score (nSPS) is 11.7. The molecule has 26 heavy (non-hydrogen) atoms. The number of fused-ring (bicyclic) bond motifs is 2. The molecule has 3 nitrogen and oxygen atoms in total. The minimum atomic E-state index is 0.954. The number of rotatable bonds is 3. The Morgan fingerprint density at radius 3 is 2.58 bits per heavy atom. The number of aromatic nitrogens is 3. The first-order valence-electron chi connectivity index (χ1n) is 8.66. The SMILES string of the molecule is C(=Cc1n[nH]c2cc(-c3cccc4[nH]ccc34)ccc12)c1ccccc1. The maximum atomic E-state index is 4.48. The Morgan fingerprint density at radius 2 is 1.65 bits per heavy atom. The molecule has 0 saturated heterocycles. The molecule has 0 aliphatic carbocycles. The highest BCUT2D eigenvalue weighted by Gasteiger charge is 2.08. The number of hydrogen-bond acceptors (Lipinski definition) is 1. The van der Waals surface area contributed by atoms with Crippen LogP contribution in [0.2, 0.25) is 0 Å². The van der Waals surface area contributed by atoms with Crippen molar-refractivity contribution in [3.8, 4) is 11.1 Å². The van der Waals surface area contributed by atoms with Crippen LogP contribution in [0.3, 0.4) is 0 Å². The van der Waals surface area contributed by atoms with E-state index in [0.717, 1.165) is 22.1 Å². The lowest BCUT2D eigenvalue weighted by atomic mass is 10.0. The molecule has 5 aromatic rings. The standard InChI is InChI=1S/C23H17N3/c1-2-5-16(6-3-1)9-12-22-20-11-10-17(15-23(20)26-25-22)18-7-4-8-21-19(18)13-14-24-21/h1-15,24H,(H,25,26). The van der Waals surface area contributed by atoms with E-state index in [2.05, 4.69) is 81.9 Å². The molecule has 5 rings (SSSR count). The lowest BCUT2D eigenvalue weighted by Crippen LogP contribution is -1.80. The second-order valence-electron chi connectivity index (χ2n) is 6.36. The van der Waals surface area contributed by atoms with Gasteiger partial charge in [0.05, 0.1) is 11.2 Å². The molecule has 0 aliphatic rings. The van der Waals surface area contributed by atoms with E-state index < -0.39 is 0 Å². The summed E-state index contributed by atoms with van der Waals surface area (Å²) in [6.07, 6.45) is 6.13. The smallest absolute Gasteiger partial charge is 0.0927 e. The van der Waals surface area contributed by atoms with Crippen molar-refractivity contribution in [3.05, 3.63) is 90.3 Å². The summed E-state index contributed by atoms with van der Waals surface area (Å²) in [7, 11) is 0. The first kappa shape index (κ1) is 14.7.